The molecule has 3 heterocycles. The van der Waals surface area contributed by atoms with E-state index in [1.807, 2.05) is 20.8 Å². The van der Waals surface area contributed by atoms with Crippen molar-refractivity contribution in [2.75, 3.05) is 29.0 Å². The number of ether oxygens (including phenoxy) is 1. The van der Waals surface area contributed by atoms with Crippen LogP contribution in [0.5, 0.6) is 5.75 Å². The van der Waals surface area contributed by atoms with Crippen LogP contribution in [0, 0.1) is 0 Å². The van der Waals surface area contributed by atoms with E-state index in [9.17, 15) is 9.59 Å². The molecule has 4 N–H and O–H groups in total. The highest BCUT2D eigenvalue weighted by Gasteiger charge is 2.20. The van der Waals surface area contributed by atoms with Gasteiger partial charge in [0.15, 0.2) is 0 Å². The average molecular weight is 479 g/mol. The Morgan fingerprint density at radius 1 is 1.00 bits per heavy atom. The van der Waals surface area contributed by atoms with Gasteiger partial charge in [0, 0.05) is 22.9 Å². The van der Waals surface area contributed by atoms with Gasteiger partial charge in [-0.05, 0) is 62.3 Å². The van der Waals surface area contributed by atoms with Crippen molar-refractivity contribution in [2.45, 2.75) is 45.1 Å². The second-order valence-corrected chi connectivity index (χ2v) is 9.38. The minimum absolute atomic E-state index is 0.170. The zero-order chi connectivity index (χ0) is 24.8. The van der Waals surface area contributed by atoms with Gasteiger partial charge in [0.05, 0.1) is 11.9 Å². The molecule has 3 aromatic rings. The van der Waals surface area contributed by atoms with Gasteiger partial charge in [-0.1, -0.05) is 25.9 Å². The third kappa shape index (κ3) is 6.80. The summed E-state index contributed by atoms with van der Waals surface area (Å²) in [4.78, 5) is 29.0. The summed E-state index contributed by atoms with van der Waals surface area (Å²) in [5.74, 6) is 0.579. The molecule has 10 heteroatoms. The lowest BCUT2D eigenvalue weighted by Gasteiger charge is -2.23. The Hall–Kier alpha value is -3.92. The first-order chi connectivity index (χ1) is 16.8. The third-order valence-corrected chi connectivity index (χ3v) is 5.47. The molecule has 1 aliphatic rings. The van der Waals surface area contributed by atoms with E-state index in [1.54, 1.807) is 48.7 Å². The standard InChI is InChI=1S/C25H30N6O4/c1-25(2,3)21-14-22(35-31-21)30-24(33)29-17-6-4-16(5-7-17)28-23(32)20-9-8-19(15-27-20)34-18-10-12-26-13-11-18/h4-9,14-15,18,26H,10-13H2,1-3H3,(H,28,32)(H2,29,30,33). The molecule has 4 rings (SSSR count). The number of hydrogen-bond acceptors (Lipinski definition) is 7. The Labute approximate surface area is 203 Å². The largest absolute Gasteiger partial charge is 0.489 e. The van der Waals surface area contributed by atoms with Gasteiger partial charge >= 0.3 is 6.03 Å². The number of hydrogen-bond donors (Lipinski definition) is 4. The average Bonchev–Trinajstić information content (AvgIpc) is 3.30. The molecule has 35 heavy (non-hydrogen) atoms. The van der Waals surface area contributed by atoms with Gasteiger partial charge < -0.3 is 25.2 Å². The highest BCUT2D eigenvalue weighted by atomic mass is 16.5. The molecule has 10 nitrogen and oxygen atoms in total. The van der Waals surface area contributed by atoms with Crippen molar-refractivity contribution in [3.63, 3.8) is 0 Å². The number of carbonyl (C=O) groups excluding carboxylic acids is 2. The molecular formula is C25H30N6O4. The number of pyridine rings is 1. The number of piperidine rings is 1. The van der Waals surface area contributed by atoms with Crippen LogP contribution in [-0.2, 0) is 5.41 Å². The normalized spacial score (nSPS) is 14.3. The van der Waals surface area contributed by atoms with E-state index in [2.05, 4.69) is 31.4 Å². The van der Waals surface area contributed by atoms with Crippen LogP contribution in [0.15, 0.2) is 53.2 Å². The van der Waals surface area contributed by atoms with E-state index in [0.717, 1.165) is 31.6 Å². The number of aromatic nitrogens is 2. The monoisotopic (exact) mass is 478 g/mol. The van der Waals surface area contributed by atoms with Crippen LogP contribution in [0.1, 0.15) is 49.8 Å². The second kappa shape index (κ2) is 10.6. The van der Waals surface area contributed by atoms with Crippen molar-refractivity contribution in [3.8, 4) is 5.75 Å². The Kier molecular flexibility index (Phi) is 7.31. The molecule has 1 aliphatic heterocycles. The minimum Gasteiger partial charge on any atom is -0.489 e. The lowest BCUT2D eigenvalue weighted by Crippen LogP contribution is -2.34. The molecule has 184 valence electrons. The molecule has 0 saturated carbocycles. The van der Waals surface area contributed by atoms with Crippen molar-refractivity contribution in [2.24, 2.45) is 0 Å². The van der Waals surface area contributed by atoms with Crippen LogP contribution in [-0.4, -0.2) is 41.3 Å². The summed E-state index contributed by atoms with van der Waals surface area (Å²) in [6.45, 7) is 7.90. The predicted octanol–water partition coefficient (Wildman–Crippen LogP) is 4.39. The van der Waals surface area contributed by atoms with Gasteiger partial charge in [-0.3, -0.25) is 10.1 Å². The lowest BCUT2D eigenvalue weighted by atomic mass is 9.92. The van der Waals surface area contributed by atoms with Crippen LogP contribution in [0.2, 0.25) is 0 Å². The molecule has 0 atom stereocenters. The molecule has 3 amide bonds. The van der Waals surface area contributed by atoms with Crippen molar-refractivity contribution in [1.29, 1.82) is 0 Å². The second-order valence-electron chi connectivity index (χ2n) is 9.38. The Morgan fingerprint density at radius 3 is 2.29 bits per heavy atom. The number of rotatable bonds is 6. The first kappa shape index (κ1) is 24.2. The predicted molar refractivity (Wildman–Crippen MR) is 133 cm³/mol. The zero-order valence-corrected chi connectivity index (χ0v) is 20.1. The summed E-state index contributed by atoms with van der Waals surface area (Å²) in [7, 11) is 0. The Balaban J connectivity index is 1.27. The van der Waals surface area contributed by atoms with Crippen LogP contribution in [0.3, 0.4) is 0 Å². The number of nitrogens with zero attached hydrogens (tertiary/aromatic N) is 2. The summed E-state index contributed by atoms with van der Waals surface area (Å²) in [6, 6.07) is 11.4. The van der Waals surface area contributed by atoms with E-state index in [4.69, 9.17) is 9.26 Å². The summed E-state index contributed by atoms with van der Waals surface area (Å²) in [6.07, 6.45) is 3.64. The molecule has 0 bridgehead atoms. The lowest BCUT2D eigenvalue weighted by molar-refractivity contribution is 0.102. The molecule has 0 spiro atoms. The van der Waals surface area contributed by atoms with Crippen molar-refractivity contribution in [1.82, 2.24) is 15.5 Å². The van der Waals surface area contributed by atoms with E-state index < -0.39 is 6.03 Å². The fourth-order valence-electron chi connectivity index (χ4n) is 3.48. The molecule has 2 aromatic heterocycles. The summed E-state index contributed by atoms with van der Waals surface area (Å²) >= 11 is 0. The Bertz CT molecular complexity index is 1150. The van der Waals surface area contributed by atoms with E-state index in [-0.39, 0.29) is 29.0 Å². The van der Waals surface area contributed by atoms with Crippen LogP contribution >= 0.6 is 0 Å². The van der Waals surface area contributed by atoms with Crippen LogP contribution < -0.4 is 26.0 Å². The fraction of sp³-hybridized carbons (Fsp3) is 0.360. The maximum atomic E-state index is 12.5. The summed E-state index contributed by atoms with van der Waals surface area (Å²) < 4.78 is 11.1. The number of benzene rings is 1. The van der Waals surface area contributed by atoms with Gasteiger partial charge in [0.1, 0.15) is 17.5 Å². The van der Waals surface area contributed by atoms with Gasteiger partial charge in [-0.25, -0.2) is 9.78 Å². The van der Waals surface area contributed by atoms with E-state index in [1.165, 1.54) is 0 Å². The van der Waals surface area contributed by atoms with Gasteiger partial charge in [0.25, 0.3) is 5.91 Å². The summed E-state index contributed by atoms with van der Waals surface area (Å²) in [5.41, 5.74) is 1.96. The molecular weight excluding hydrogens is 448 g/mol. The Morgan fingerprint density at radius 2 is 1.69 bits per heavy atom. The molecule has 0 aliphatic carbocycles. The first-order valence-electron chi connectivity index (χ1n) is 11.6. The molecule has 1 fully saturated rings. The van der Waals surface area contributed by atoms with Gasteiger partial charge in [0.2, 0.25) is 5.88 Å². The number of carbonyl (C=O) groups is 2. The maximum absolute atomic E-state index is 12.5. The first-order valence-corrected chi connectivity index (χ1v) is 11.6. The molecule has 1 saturated heterocycles. The number of nitrogens with one attached hydrogen (secondary N) is 4. The van der Waals surface area contributed by atoms with Crippen molar-refractivity contribution < 1.29 is 18.8 Å². The summed E-state index contributed by atoms with van der Waals surface area (Å²) in [5, 5.41) is 15.4. The van der Waals surface area contributed by atoms with Gasteiger partial charge in [-0.2, -0.15) is 0 Å². The van der Waals surface area contributed by atoms with Crippen LogP contribution in [0.25, 0.3) is 0 Å². The van der Waals surface area contributed by atoms with Gasteiger partial charge in [-0.15, -0.1) is 0 Å². The number of anilines is 3. The topological polar surface area (TPSA) is 130 Å². The number of amides is 3. The zero-order valence-electron chi connectivity index (χ0n) is 20.1. The highest BCUT2D eigenvalue weighted by molar-refractivity contribution is 6.03. The smallest absolute Gasteiger partial charge is 0.326 e. The van der Waals surface area contributed by atoms with E-state index in [0.29, 0.717) is 17.1 Å². The van der Waals surface area contributed by atoms with Crippen LogP contribution in [0.4, 0.5) is 22.1 Å². The molecule has 0 unspecified atom stereocenters. The fourth-order valence-corrected chi connectivity index (χ4v) is 3.48. The molecule has 1 aromatic carbocycles. The van der Waals surface area contributed by atoms with E-state index >= 15 is 0 Å². The maximum Gasteiger partial charge on any atom is 0.326 e. The SMILES string of the molecule is CC(C)(C)c1cc(NC(=O)Nc2ccc(NC(=O)c3ccc(OC4CCNCC4)cn3)cc2)on1. The highest BCUT2D eigenvalue weighted by Crippen LogP contribution is 2.24. The van der Waals surface area contributed by atoms with Crippen molar-refractivity contribution >= 4 is 29.2 Å². The number of urea groups is 1. The quantitative estimate of drug-likeness (QED) is 0.413. The van der Waals surface area contributed by atoms with Crippen molar-refractivity contribution in [3.05, 3.63) is 60.0 Å². The minimum atomic E-state index is -0.464. The third-order valence-electron chi connectivity index (χ3n) is 5.47. The molecule has 0 radical (unpaired) electrons.